The highest BCUT2D eigenvalue weighted by Gasteiger charge is 2.52. The standard InChI is InChI=1S/C6H3F5O3S/c7-3-4(8)6(11,15(12,13)14)2-1-5(3,9)10/h1-2H,(H,12,13,14)/p-1. The summed E-state index contributed by atoms with van der Waals surface area (Å²) in [5.41, 5.74) is 0. The zero-order chi connectivity index (χ0) is 12.1. The van der Waals surface area contributed by atoms with E-state index in [1.54, 1.807) is 0 Å². The Hall–Kier alpha value is -0.960. The second-order valence-electron chi connectivity index (χ2n) is 2.68. The Morgan fingerprint density at radius 1 is 1.07 bits per heavy atom. The van der Waals surface area contributed by atoms with Gasteiger partial charge in [0.2, 0.25) is 5.83 Å². The molecular weight excluding hydrogens is 247 g/mol. The first-order chi connectivity index (χ1) is 6.52. The van der Waals surface area contributed by atoms with Crippen molar-refractivity contribution in [2.24, 2.45) is 0 Å². The predicted molar refractivity (Wildman–Crippen MR) is 36.9 cm³/mol. The lowest BCUT2D eigenvalue weighted by molar-refractivity contribution is 0.0557. The molecule has 0 amide bonds. The Bertz CT molecular complexity index is 451. The van der Waals surface area contributed by atoms with Crippen LogP contribution in [0.5, 0.6) is 0 Å². The van der Waals surface area contributed by atoms with Crippen LogP contribution < -0.4 is 0 Å². The number of rotatable bonds is 1. The van der Waals surface area contributed by atoms with Crippen molar-refractivity contribution in [1.82, 2.24) is 0 Å². The summed E-state index contributed by atoms with van der Waals surface area (Å²) in [6.45, 7) is 0. The monoisotopic (exact) mass is 249 g/mol. The molecule has 0 spiro atoms. The van der Waals surface area contributed by atoms with Gasteiger partial charge in [-0.25, -0.2) is 21.6 Å². The van der Waals surface area contributed by atoms with E-state index in [0.29, 0.717) is 0 Å². The van der Waals surface area contributed by atoms with Gasteiger partial charge >= 0.3 is 5.92 Å². The molecule has 1 aliphatic rings. The van der Waals surface area contributed by atoms with Gasteiger partial charge in [-0.2, -0.15) is 8.78 Å². The van der Waals surface area contributed by atoms with Crippen LogP contribution in [0.25, 0.3) is 0 Å². The number of allylic oxidation sites excluding steroid dienone is 2. The van der Waals surface area contributed by atoms with Crippen LogP contribution >= 0.6 is 0 Å². The van der Waals surface area contributed by atoms with E-state index in [9.17, 15) is 34.9 Å². The van der Waals surface area contributed by atoms with E-state index >= 15 is 0 Å². The van der Waals surface area contributed by atoms with Crippen LogP contribution in [0.4, 0.5) is 22.0 Å². The maximum absolute atomic E-state index is 13.1. The molecule has 9 heteroatoms. The first-order valence-electron chi connectivity index (χ1n) is 3.31. The molecule has 0 N–H and O–H groups in total. The lowest BCUT2D eigenvalue weighted by atomic mass is 10.1. The largest absolute Gasteiger partial charge is 0.745 e. The average molecular weight is 249 g/mol. The molecular formula is C6H2F5O3S-. The molecule has 0 aromatic carbocycles. The molecule has 1 unspecified atom stereocenters. The Kier molecular flexibility index (Phi) is 2.43. The predicted octanol–water partition coefficient (Wildman–Crippen LogP) is 1.55. The van der Waals surface area contributed by atoms with Crippen LogP contribution in [0.3, 0.4) is 0 Å². The highest BCUT2D eigenvalue weighted by atomic mass is 32.2. The average Bonchev–Trinajstić information content (AvgIpc) is 2.07. The summed E-state index contributed by atoms with van der Waals surface area (Å²) in [5, 5.41) is -4.40. The van der Waals surface area contributed by atoms with Gasteiger partial charge in [-0.05, 0) is 12.2 Å². The molecule has 0 heterocycles. The fourth-order valence-electron chi connectivity index (χ4n) is 0.847. The normalized spacial score (nSPS) is 30.8. The van der Waals surface area contributed by atoms with Gasteiger partial charge < -0.3 is 4.55 Å². The third-order valence-corrected chi connectivity index (χ3v) is 2.70. The van der Waals surface area contributed by atoms with Crippen LogP contribution in [0.2, 0.25) is 0 Å². The summed E-state index contributed by atoms with van der Waals surface area (Å²) in [6.07, 6.45) is -1.05. The van der Waals surface area contributed by atoms with Gasteiger partial charge in [-0.15, -0.1) is 0 Å². The molecule has 0 bridgehead atoms. The van der Waals surface area contributed by atoms with Crippen LogP contribution in [-0.4, -0.2) is 23.9 Å². The minimum absolute atomic E-state index is 0.520. The van der Waals surface area contributed by atoms with Crippen molar-refractivity contribution in [1.29, 1.82) is 0 Å². The minimum Gasteiger partial charge on any atom is -0.745 e. The molecule has 0 aromatic rings. The SMILES string of the molecule is O=S(=O)([O-])C1(F)C=CC(F)(F)C(F)=C1F. The molecule has 0 saturated heterocycles. The Balaban J connectivity index is 3.45. The Labute approximate surface area is 80.6 Å². The molecule has 1 rings (SSSR count). The molecule has 0 aliphatic heterocycles. The summed E-state index contributed by atoms with van der Waals surface area (Å²) >= 11 is 0. The third kappa shape index (κ3) is 1.65. The van der Waals surface area contributed by atoms with Crippen molar-refractivity contribution in [3.05, 3.63) is 23.8 Å². The molecule has 0 fully saturated rings. The molecule has 1 aliphatic carbocycles. The molecule has 0 aromatic heterocycles. The maximum Gasteiger partial charge on any atom is 0.320 e. The van der Waals surface area contributed by atoms with Crippen molar-refractivity contribution >= 4 is 10.1 Å². The molecule has 3 nitrogen and oxygen atoms in total. The quantitative estimate of drug-likeness (QED) is 0.402. The molecule has 0 saturated carbocycles. The lowest BCUT2D eigenvalue weighted by Gasteiger charge is -2.28. The van der Waals surface area contributed by atoms with Crippen molar-refractivity contribution in [2.75, 3.05) is 0 Å². The Morgan fingerprint density at radius 2 is 1.53 bits per heavy atom. The van der Waals surface area contributed by atoms with Crippen LogP contribution in [0.1, 0.15) is 0 Å². The van der Waals surface area contributed by atoms with E-state index in [0.717, 1.165) is 0 Å². The Morgan fingerprint density at radius 3 is 1.93 bits per heavy atom. The minimum atomic E-state index is -5.97. The van der Waals surface area contributed by atoms with Crippen LogP contribution in [0.15, 0.2) is 23.8 Å². The van der Waals surface area contributed by atoms with Gasteiger partial charge in [0.15, 0.2) is 5.83 Å². The number of halogens is 5. The summed E-state index contributed by atoms with van der Waals surface area (Å²) in [5.74, 6) is -10.3. The van der Waals surface area contributed by atoms with Gasteiger partial charge in [0.1, 0.15) is 10.1 Å². The first-order valence-corrected chi connectivity index (χ1v) is 4.72. The highest BCUT2D eigenvalue weighted by molar-refractivity contribution is 7.87. The van der Waals surface area contributed by atoms with E-state index in [-0.39, 0.29) is 0 Å². The van der Waals surface area contributed by atoms with E-state index in [1.165, 1.54) is 0 Å². The number of hydrogen-bond acceptors (Lipinski definition) is 3. The third-order valence-electron chi connectivity index (χ3n) is 1.66. The summed E-state index contributed by atoms with van der Waals surface area (Å²) in [6, 6.07) is 0. The van der Waals surface area contributed by atoms with E-state index in [2.05, 4.69) is 0 Å². The van der Waals surface area contributed by atoms with Crippen molar-refractivity contribution in [3.8, 4) is 0 Å². The van der Waals surface area contributed by atoms with Crippen molar-refractivity contribution in [3.63, 3.8) is 0 Å². The van der Waals surface area contributed by atoms with Gasteiger partial charge in [0.25, 0.3) is 5.00 Å². The van der Waals surface area contributed by atoms with Gasteiger partial charge in [-0.3, -0.25) is 0 Å². The second kappa shape index (κ2) is 3.01. The summed E-state index contributed by atoms with van der Waals surface area (Å²) in [4.78, 5) is 0. The smallest absolute Gasteiger partial charge is 0.320 e. The lowest BCUT2D eigenvalue weighted by Crippen LogP contribution is -2.38. The maximum atomic E-state index is 13.1. The molecule has 15 heavy (non-hydrogen) atoms. The number of alkyl halides is 3. The van der Waals surface area contributed by atoms with Gasteiger partial charge in [-0.1, -0.05) is 0 Å². The first kappa shape index (κ1) is 12.1. The van der Waals surface area contributed by atoms with E-state index in [4.69, 9.17) is 0 Å². The van der Waals surface area contributed by atoms with Gasteiger partial charge in [0, 0.05) is 0 Å². The molecule has 0 radical (unpaired) electrons. The summed E-state index contributed by atoms with van der Waals surface area (Å²) in [7, 11) is -5.97. The van der Waals surface area contributed by atoms with Crippen LogP contribution in [0, 0.1) is 0 Å². The fraction of sp³-hybridized carbons (Fsp3) is 0.333. The fourth-order valence-corrected chi connectivity index (χ4v) is 1.39. The van der Waals surface area contributed by atoms with Gasteiger partial charge in [0.05, 0.1) is 0 Å². The van der Waals surface area contributed by atoms with E-state index in [1.807, 2.05) is 0 Å². The van der Waals surface area contributed by atoms with Crippen molar-refractivity contribution < 1.29 is 34.9 Å². The molecule has 1 atom stereocenters. The van der Waals surface area contributed by atoms with Crippen molar-refractivity contribution in [2.45, 2.75) is 10.9 Å². The molecule has 86 valence electrons. The topological polar surface area (TPSA) is 57.2 Å². The number of hydrogen-bond donors (Lipinski definition) is 0. The second-order valence-corrected chi connectivity index (χ2v) is 4.19. The van der Waals surface area contributed by atoms with E-state index < -0.39 is 44.8 Å². The van der Waals surface area contributed by atoms with Crippen LogP contribution in [-0.2, 0) is 10.1 Å². The highest BCUT2D eigenvalue weighted by Crippen LogP contribution is 2.43. The zero-order valence-corrected chi connectivity index (χ0v) is 7.49. The summed E-state index contributed by atoms with van der Waals surface area (Å²) < 4.78 is 93.5. The zero-order valence-electron chi connectivity index (χ0n) is 6.68.